The fraction of sp³-hybridized carbons (Fsp3) is 0.467. The molecule has 1 unspecified atom stereocenters. The summed E-state index contributed by atoms with van der Waals surface area (Å²) in [5, 5.41) is 0.706. The fourth-order valence-corrected chi connectivity index (χ4v) is 6.04. The number of nitrogens with zero attached hydrogens (tertiary/aromatic N) is 3. The number of halogens is 1. The van der Waals surface area contributed by atoms with Crippen LogP contribution in [0.5, 0.6) is 0 Å². The molecule has 3 aromatic rings. The highest BCUT2D eigenvalue weighted by molar-refractivity contribution is 6.11. The number of Topliss-reactive ketones (excluding diaryl/α,β-unsaturated/α-hetero) is 1. The summed E-state index contributed by atoms with van der Waals surface area (Å²) >= 11 is 0. The van der Waals surface area contributed by atoms with Gasteiger partial charge in [0.15, 0.2) is 5.78 Å². The van der Waals surface area contributed by atoms with E-state index in [1.807, 2.05) is 19.1 Å². The number of ether oxygens (including phenoxy) is 1. The number of benzene rings is 2. The van der Waals surface area contributed by atoms with Crippen LogP contribution in [0.15, 0.2) is 36.4 Å². The van der Waals surface area contributed by atoms with Gasteiger partial charge in [0, 0.05) is 73.4 Å². The minimum atomic E-state index is -0.356. The van der Waals surface area contributed by atoms with Gasteiger partial charge >= 0.3 is 5.97 Å². The van der Waals surface area contributed by atoms with Crippen LogP contribution in [0.3, 0.4) is 0 Å². The molecule has 2 aromatic carbocycles. The van der Waals surface area contributed by atoms with Gasteiger partial charge in [-0.15, -0.1) is 0 Å². The van der Waals surface area contributed by atoms with Gasteiger partial charge in [-0.3, -0.25) is 9.69 Å². The zero-order valence-corrected chi connectivity index (χ0v) is 22.2. The fourth-order valence-electron chi connectivity index (χ4n) is 6.04. The molecule has 0 saturated carbocycles. The van der Waals surface area contributed by atoms with Crippen LogP contribution in [0.4, 0.5) is 4.39 Å². The third kappa shape index (κ3) is 4.94. The van der Waals surface area contributed by atoms with E-state index in [1.54, 1.807) is 12.1 Å². The largest absolute Gasteiger partial charge is 0.465 e. The summed E-state index contributed by atoms with van der Waals surface area (Å²) in [6.45, 7) is 11.7. The Morgan fingerprint density at radius 3 is 2.54 bits per heavy atom. The molecule has 0 bridgehead atoms. The molecule has 1 aliphatic heterocycles. The van der Waals surface area contributed by atoms with Gasteiger partial charge in [-0.05, 0) is 69.0 Å². The normalized spacial score (nSPS) is 19.0. The van der Waals surface area contributed by atoms with Gasteiger partial charge in [0.25, 0.3) is 0 Å². The summed E-state index contributed by atoms with van der Waals surface area (Å²) < 4.78 is 21.4. The molecule has 0 radical (unpaired) electrons. The molecule has 0 N–H and O–H groups in total. The van der Waals surface area contributed by atoms with Crippen LogP contribution < -0.4 is 0 Å². The van der Waals surface area contributed by atoms with Crippen molar-refractivity contribution in [3.8, 4) is 0 Å². The Hall–Kier alpha value is -3.03. The number of hydrogen-bond acceptors (Lipinski definition) is 5. The minimum absolute atomic E-state index is 0.0676. The van der Waals surface area contributed by atoms with E-state index in [9.17, 15) is 14.0 Å². The number of carbonyl (C=O) groups is 2. The van der Waals surface area contributed by atoms with Crippen LogP contribution in [-0.4, -0.2) is 72.0 Å². The Kier molecular flexibility index (Phi) is 7.19. The topological polar surface area (TPSA) is 54.8 Å². The second kappa shape index (κ2) is 10.4. The van der Waals surface area contributed by atoms with E-state index in [4.69, 9.17) is 4.74 Å². The first-order chi connectivity index (χ1) is 17.8. The average molecular weight is 506 g/mol. The molecule has 7 heteroatoms. The van der Waals surface area contributed by atoms with Crippen LogP contribution >= 0.6 is 0 Å². The van der Waals surface area contributed by atoms with Crippen molar-refractivity contribution < 1.29 is 18.7 Å². The molecule has 6 nitrogen and oxygen atoms in total. The number of esters is 1. The van der Waals surface area contributed by atoms with Gasteiger partial charge in [-0.2, -0.15) is 0 Å². The Morgan fingerprint density at radius 1 is 1.11 bits per heavy atom. The highest BCUT2D eigenvalue weighted by Gasteiger charge is 2.34. The van der Waals surface area contributed by atoms with Crippen molar-refractivity contribution in [3.63, 3.8) is 0 Å². The highest BCUT2D eigenvalue weighted by atomic mass is 19.1. The van der Waals surface area contributed by atoms with E-state index in [1.165, 1.54) is 19.2 Å². The Bertz CT molecular complexity index is 1340. The van der Waals surface area contributed by atoms with Gasteiger partial charge in [-0.25, -0.2) is 9.18 Å². The summed E-state index contributed by atoms with van der Waals surface area (Å²) in [6, 6.07) is 11.0. The molecule has 1 fully saturated rings. The molecule has 0 amide bonds. The number of ketones is 1. The third-order valence-corrected chi connectivity index (χ3v) is 8.13. The predicted molar refractivity (Wildman–Crippen MR) is 143 cm³/mol. The molecular formula is C30H36FN3O3. The summed E-state index contributed by atoms with van der Waals surface area (Å²) in [7, 11) is 1.38. The van der Waals surface area contributed by atoms with Crippen molar-refractivity contribution in [2.45, 2.75) is 46.2 Å². The van der Waals surface area contributed by atoms with Crippen molar-refractivity contribution in [2.24, 2.45) is 5.92 Å². The van der Waals surface area contributed by atoms with Crippen LogP contribution in [0.1, 0.15) is 57.8 Å². The number of hydrogen-bond donors (Lipinski definition) is 0. The molecule has 1 aromatic heterocycles. The first kappa shape index (κ1) is 25.6. The highest BCUT2D eigenvalue weighted by Crippen LogP contribution is 2.36. The van der Waals surface area contributed by atoms with Crippen molar-refractivity contribution in [3.05, 3.63) is 70.2 Å². The van der Waals surface area contributed by atoms with Crippen molar-refractivity contribution in [1.29, 1.82) is 0 Å². The van der Waals surface area contributed by atoms with Crippen molar-refractivity contribution in [2.75, 3.05) is 39.8 Å². The zero-order valence-electron chi connectivity index (χ0n) is 22.2. The predicted octanol–water partition coefficient (Wildman–Crippen LogP) is 4.69. The SMILES string of the molecule is COC(=O)c1ccc(Cn2c3c(c4cc(F)ccc42)C(=O)C(CN2CCN(C(C)C)CC2)CC3)cc1C. The summed E-state index contributed by atoms with van der Waals surface area (Å²) in [6.07, 6.45) is 1.59. The van der Waals surface area contributed by atoms with E-state index in [2.05, 4.69) is 28.2 Å². The first-order valence-corrected chi connectivity index (χ1v) is 13.3. The number of fused-ring (bicyclic) bond motifs is 3. The Morgan fingerprint density at radius 2 is 1.86 bits per heavy atom. The van der Waals surface area contributed by atoms with Crippen LogP contribution in [-0.2, 0) is 17.7 Å². The van der Waals surface area contributed by atoms with Crippen LogP contribution in [0.25, 0.3) is 10.9 Å². The van der Waals surface area contributed by atoms with Crippen LogP contribution in [0.2, 0.25) is 0 Å². The minimum Gasteiger partial charge on any atom is -0.465 e. The molecule has 2 heterocycles. The Labute approximate surface area is 218 Å². The summed E-state index contributed by atoms with van der Waals surface area (Å²) in [5.41, 5.74) is 4.96. The first-order valence-electron chi connectivity index (χ1n) is 13.3. The third-order valence-electron chi connectivity index (χ3n) is 8.13. The van der Waals surface area contributed by atoms with Gasteiger partial charge in [0.1, 0.15) is 5.82 Å². The molecule has 0 spiro atoms. The summed E-state index contributed by atoms with van der Waals surface area (Å²) in [5.74, 6) is -0.614. The number of carbonyl (C=O) groups excluding carboxylic acids is 2. The van der Waals surface area contributed by atoms with E-state index >= 15 is 0 Å². The lowest BCUT2D eigenvalue weighted by molar-refractivity contribution is 0.0599. The Balaban J connectivity index is 1.43. The zero-order chi connectivity index (χ0) is 26.3. The maximum absolute atomic E-state index is 14.4. The lowest BCUT2D eigenvalue weighted by Gasteiger charge is -2.38. The monoisotopic (exact) mass is 505 g/mol. The van der Waals surface area contributed by atoms with Gasteiger partial charge in [0.05, 0.1) is 12.7 Å². The molecule has 5 rings (SSSR count). The second-order valence-corrected chi connectivity index (χ2v) is 10.7. The van der Waals surface area contributed by atoms with E-state index in [0.29, 0.717) is 29.1 Å². The molecule has 1 aliphatic carbocycles. The maximum Gasteiger partial charge on any atom is 0.338 e. The van der Waals surface area contributed by atoms with E-state index in [0.717, 1.165) is 67.9 Å². The number of aromatic nitrogens is 1. The molecular weight excluding hydrogens is 469 g/mol. The second-order valence-electron chi connectivity index (χ2n) is 10.7. The maximum atomic E-state index is 14.4. The number of rotatable bonds is 6. The number of piperazine rings is 1. The van der Waals surface area contributed by atoms with Gasteiger partial charge in [-0.1, -0.05) is 12.1 Å². The quantitative estimate of drug-likeness (QED) is 0.455. The molecule has 2 aliphatic rings. The lowest BCUT2D eigenvalue weighted by atomic mass is 9.84. The number of aryl methyl sites for hydroxylation is 1. The van der Waals surface area contributed by atoms with E-state index in [-0.39, 0.29) is 23.5 Å². The van der Waals surface area contributed by atoms with Crippen molar-refractivity contribution in [1.82, 2.24) is 14.4 Å². The van der Waals surface area contributed by atoms with Gasteiger partial charge < -0.3 is 14.2 Å². The molecule has 1 atom stereocenters. The standard InChI is InChI=1S/C30H36FN3O3/c1-19(2)33-13-11-32(12-14-33)18-22-6-9-27-28(29(22)35)25-16-23(31)7-10-26(25)34(27)17-21-5-8-24(20(3)15-21)30(36)37-4/h5,7-8,10,15-16,19,22H,6,9,11-14,17-18H2,1-4H3. The van der Waals surface area contributed by atoms with Gasteiger partial charge in [0.2, 0.25) is 0 Å². The van der Waals surface area contributed by atoms with E-state index < -0.39 is 0 Å². The molecule has 196 valence electrons. The van der Waals surface area contributed by atoms with Crippen molar-refractivity contribution >= 4 is 22.7 Å². The molecule has 1 saturated heterocycles. The smallest absolute Gasteiger partial charge is 0.338 e. The molecule has 37 heavy (non-hydrogen) atoms. The summed E-state index contributed by atoms with van der Waals surface area (Å²) in [4.78, 5) is 30.7. The lowest BCUT2D eigenvalue weighted by Crippen LogP contribution is -2.50. The number of methoxy groups -OCH3 is 1. The average Bonchev–Trinajstić information content (AvgIpc) is 3.18. The van der Waals surface area contributed by atoms with Crippen LogP contribution in [0, 0.1) is 18.7 Å².